The first-order chi connectivity index (χ1) is 11.6. The summed E-state index contributed by atoms with van der Waals surface area (Å²) in [6.07, 6.45) is -4.73. The Morgan fingerprint density at radius 2 is 1.84 bits per heavy atom. The SMILES string of the molecule is NC(=NCCN1CCS(=O)(=O)CC1)Nc1ccc(OC(F)(F)F)cc1. The van der Waals surface area contributed by atoms with Crippen LogP contribution in [0, 0.1) is 0 Å². The van der Waals surface area contributed by atoms with E-state index >= 15 is 0 Å². The van der Waals surface area contributed by atoms with Crippen LogP contribution in [0.15, 0.2) is 29.3 Å². The van der Waals surface area contributed by atoms with Crippen molar-refractivity contribution in [1.82, 2.24) is 4.90 Å². The summed E-state index contributed by atoms with van der Waals surface area (Å²) in [6, 6.07) is 5.10. The molecule has 1 aromatic rings. The van der Waals surface area contributed by atoms with Crippen molar-refractivity contribution in [2.75, 3.05) is 43.0 Å². The van der Waals surface area contributed by atoms with Gasteiger partial charge in [-0.3, -0.25) is 9.89 Å². The van der Waals surface area contributed by atoms with E-state index in [9.17, 15) is 21.6 Å². The van der Waals surface area contributed by atoms with Gasteiger partial charge in [-0.15, -0.1) is 13.2 Å². The number of halogens is 3. The number of guanidine groups is 1. The fraction of sp³-hybridized carbons (Fsp3) is 0.500. The van der Waals surface area contributed by atoms with E-state index in [-0.39, 0.29) is 23.2 Å². The molecule has 0 amide bonds. The number of alkyl halides is 3. The molecule has 1 aliphatic rings. The van der Waals surface area contributed by atoms with Gasteiger partial charge in [-0.25, -0.2) is 8.42 Å². The van der Waals surface area contributed by atoms with Crippen LogP contribution >= 0.6 is 0 Å². The van der Waals surface area contributed by atoms with Crippen LogP contribution in [0.25, 0.3) is 0 Å². The minimum atomic E-state index is -4.73. The molecule has 11 heteroatoms. The summed E-state index contributed by atoms with van der Waals surface area (Å²) >= 11 is 0. The normalized spacial score (nSPS) is 18.8. The average Bonchev–Trinajstić information content (AvgIpc) is 2.49. The molecule has 1 heterocycles. The molecule has 140 valence electrons. The number of nitrogens with zero attached hydrogens (tertiary/aromatic N) is 2. The second kappa shape index (κ2) is 7.91. The maximum Gasteiger partial charge on any atom is 0.573 e. The van der Waals surface area contributed by atoms with Crippen molar-refractivity contribution in [3.8, 4) is 5.75 Å². The summed E-state index contributed by atoms with van der Waals surface area (Å²) in [4.78, 5) is 6.10. The lowest BCUT2D eigenvalue weighted by Gasteiger charge is -2.25. The highest BCUT2D eigenvalue weighted by Crippen LogP contribution is 2.23. The van der Waals surface area contributed by atoms with Crippen molar-refractivity contribution < 1.29 is 26.3 Å². The predicted molar refractivity (Wildman–Crippen MR) is 88.3 cm³/mol. The van der Waals surface area contributed by atoms with E-state index in [4.69, 9.17) is 5.73 Å². The third-order valence-corrected chi connectivity index (χ3v) is 5.10. The van der Waals surface area contributed by atoms with Gasteiger partial charge in [0.1, 0.15) is 5.75 Å². The van der Waals surface area contributed by atoms with Crippen molar-refractivity contribution in [1.29, 1.82) is 0 Å². The minimum absolute atomic E-state index is 0.120. The van der Waals surface area contributed by atoms with E-state index in [0.717, 1.165) is 12.1 Å². The Morgan fingerprint density at radius 1 is 1.24 bits per heavy atom. The highest BCUT2D eigenvalue weighted by atomic mass is 32.2. The van der Waals surface area contributed by atoms with Crippen molar-refractivity contribution in [3.05, 3.63) is 24.3 Å². The minimum Gasteiger partial charge on any atom is -0.406 e. The molecule has 1 aromatic carbocycles. The fourth-order valence-electron chi connectivity index (χ4n) is 2.21. The third kappa shape index (κ3) is 7.18. The maximum atomic E-state index is 12.1. The topological polar surface area (TPSA) is 97.0 Å². The summed E-state index contributed by atoms with van der Waals surface area (Å²) in [7, 11) is -2.91. The highest BCUT2D eigenvalue weighted by molar-refractivity contribution is 7.91. The molecule has 1 saturated heterocycles. The molecule has 0 atom stereocenters. The Hall–Kier alpha value is -2.01. The number of anilines is 1. The van der Waals surface area contributed by atoms with Crippen molar-refractivity contribution in [2.45, 2.75) is 6.36 Å². The van der Waals surface area contributed by atoms with Crippen molar-refractivity contribution in [3.63, 3.8) is 0 Å². The molecule has 7 nitrogen and oxygen atoms in total. The van der Waals surface area contributed by atoms with Gasteiger partial charge in [0.2, 0.25) is 0 Å². The molecule has 3 N–H and O–H groups in total. The van der Waals surface area contributed by atoms with Crippen LogP contribution in [-0.4, -0.2) is 63.3 Å². The zero-order valence-electron chi connectivity index (χ0n) is 13.3. The molecule has 0 aliphatic carbocycles. The number of hydrogen-bond donors (Lipinski definition) is 2. The van der Waals surface area contributed by atoms with Crippen LogP contribution < -0.4 is 15.8 Å². The number of benzene rings is 1. The summed E-state index contributed by atoms with van der Waals surface area (Å²) in [5.41, 5.74) is 6.19. The van der Waals surface area contributed by atoms with Gasteiger partial charge in [-0.1, -0.05) is 0 Å². The zero-order chi connectivity index (χ0) is 18.5. The third-order valence-electron chi connectivity index (χ3n) is 3.50. The van der Waals surface area contributed by atoms with Crippen molar-refractivity contribution >= 4 is 21.5 Å². The molecule has 0 saturated carbocycles. The van der Waals surface area contributed by atoms with Gasteiger partial charge < -0.3 is 15.8 Å². The molecule has 25 heavy (non-hydrogen) atoms. The standard InChI is InChI=1S/C14H19F3N4O3S/c15-14(16,17)24-12-3-1-11(2-4-12)20-13(18)19-5-6-21-7-9-25(22,23)10-8-21/h1-4H,5-10H2,(H3,18,19,20). The number of rotatable bonds is 5. The molecule has 0 spiro atoms. The van der Waals surface area contributed by atoms with Crippen molar-refractivity contribution in [2.24, 2.45) is 10.7 Å². The molecule has 2 rings (SSSR count). The van der Waals surface area contributed by atoms with Crippen LogP contribution in [0.1, 0.15) is 0 Å². The number of ether oxygens (including phenoxy) is 1. The number of aliphatic imine (C=N–C) groups is 1. The Labute approximate surface area is 143 Å². The molecular weight excluding hydrogens is 361 g/mol. The molecular formula is C14H19F3N4O3S. The van der Waals surface area contributed by atoms with Gasteiger partial charge in [-0.2, -0.15) is 0 Å². The van der Waals surface area contributed by atoms with E-state index in [1.54, 1.807) is 0 Å². The summed E-state index contributed by atoms with van der Waals surface area (Å²) in [6.45, 7) is 1.92. The molecule has 1 fully saturated rings. The van der Waals surface area contributed by atoms with Crippen LogP contribution in [0.5, 0.6) is 5.75 Å². The van der Waals surface area contributed by atoms with E-state index in [1.165, 1.54) is 12.1 Å². The van der Waals surface area contributed by atoms with Gasteiger partial charge in [0.15, 0.2) is 15.8 Å². The zero-order valence-corrected chi connectivity index (χ0v) is 14.1. The van der Waals surface area contributed by atoms with Gasteiger partial charge in [-0.05, 0) is 24.3 Å². The maximum absolute atomic E-state index is 12.1. The Morgan fingerprint density at radius 3 is 2.40 bits per heavy atom. The Bertz CT molecular complexity index is 691. The Balaban J connectivity index is 1.77. The van der Waals surface area contributed by atoms with Crippen LogP contribution in [0.3, 0.4) is 0 Å². The Kier molecular flexibility index (Phi) is 6.11. The second-order valence-corrected chi connectivity index (χ2v) is 7.76. The summed E-state index contributed by atoms with van der Waals surface area (Å²) in [5.74, 6) is 0.0934. The predicted octanol–water partition coefficient (Wildman–Crippen LogP) is 1.04. The monoisotopic (exact) mass is 380 g/mol. The summed E-state index contributed by atoms with van der Waals surface area (Å²) in [5, 5.41) is 2.76. The fourth-order valence-corrected chi connectivity index (χ4v) is 3.49. The number of hydrogen-bond acceptors (Lipinski definition) is 5. The van der Waals surface area contributed by atoms with Gasteiger partial charge in [0.05, 0.1) is 18.1 Å². The first-order valence-electron chi connectivity index (χ1n) is 7.48. The van der Waals surface area contributed by atoms with E-state index in [1.807, 2.05) is 4.90 Å². The molecule has 0 unspecified atom stereocenters. The van der Waals surface area contributed by atoms with Crippen LogP contribution in [0.2, 0.25) is 0 Å². The van der Waals surface area contributed by atoms with Crippen LogP contribution in [0.4, 0.5) is 18.9 Å². The van der Waals surface area contributed by atoms with Gasteiger partial charge in [0.25, 0.3) is 0 Å². The lowest BCUT2D eigenvalue weighted by Crippen LogP contribution is -2.41. The quantitative estimate of drug-likeness (QED) is 0.585. The van der Waals surface area contributed by atoms with Gasteiger partial charge >= 0.3 is 6.36 Å². The second-order valence-electron chi connectivity index (χ2n) is 5.46. The smallest absolute Gasteiger partial charge is 0.406 e. The molecule has 0 bridgehead atoms. The average molecular weight is 380 g/mol. The largest absolute Gasteiger partial charge is 0.573 e. The summed E-state index contributed by atoms with van der Waals surface area (Å²) < 4.78 is 62.6. The first-order valence-corrected chi connectivity index (χ1v) is 9.31. The van der Waals surface area contributed by atoms with E-state index in [0.29, 0.717) is 31.9 Å². The van der Waals surface area contributed by atoms with Gasteiger partial charge in [0, 0.05) is 25.3 Å². The first kappa shape index (κ1) is 19.3. The highest BCUT2D eigenvalue weighted by Gasteiger charge is 2.30. The number of nitrogens with one attached hydrogen (secondary N) is 1. The molecule has 0 radical (unpaired) electrons. The lowest BCUT2D eigenvalue weighted by molar-refractivity contribution is -0.274. The van der Waals surface area contributed by atoms with Crippen LogP contribution in [-0.2, 0) is 9.84 Å². The van der Waals surface area contributed by atoms with E-state index in [2.05, 4.69) is 15.0 Å². The molecule has 0 aromatic heterocycles. The molecule has 1 aliphatic heterocycles. The lowest BCUT2D eigenvalue weighted by atomic mass is 10.3. The number of sulfone groups is 1. The number of nitrogens with two attached hydrogens (primary N) is 1. The van der Waals surface area contributed by atoms with E-state index < -0.39 is 16.2 Å².